The number of benzene rings is 1. The fourth-order valence-corrected chi connectivity index (χ4v) is 6.32. The van der Waals surface area contributed by atoms with Crippen molar-refractivity contribution in [3.8, 4) is 11.4 Å². The first-order valence-corrected chi connectivity index (χ1v) is 14.6. The van der Waals surface area contributed by atoms with Crippen LogP contribution in [-0.4, -0.2) is 69.6 Å². The zero-order chi connectivity index (χ0) is 27.2. The Kier molecular flexibility index (Phi) is 9.19. The minimum absolute atomic E-state index is 0.520. The third-order valence-corrected chi connectivity index (χ3v) is 8.30. The molecule has 8 nitrogen and oxygen atoms in total. The monoisotopic (exact) mass is 548 g/mol. The van der Waals surface area contributed by atoms with Gasteiger partial charge < -0.3 is 9.88 Å². The van der Waals surface area contributed by atoms with Gasteiger partial charge in [-0.1, -0.05) is 43.2 Å². The summed E-state index contributed by atoms with van der Waals surface area (Å²) in [6.45, 7) is 10.5. The Labute approximate surface area is 237 Å². The van der Waals surface area contributed by atoms with E-state index in [9.17, 15) is 0 Å². The molecule has 2 aliphatic rings. The maximum atomic E-state index is 6.73. The SMILES string of the molecule is C/C=C\N(N)c1ccc(CN2CCC(N3CCN(c4ncc(-c5ncc[nH]5)cc4Cl)CC3CCC)CC2)cc1. The number of pyridine rings is 1. The second-order valence-corrected chi connectivity index (χ2v) is 11.1. The summed E-state index contributed by atoms with van der Waals surface area (Å²) in [6, 6.07) is 11.7. The lowest BCUT2D eigenvalue weighted by Crippen LogP contribution is -2.58. The molecule has 1 atom stereocenters. The van der Waals surface area contributed by atoms with E-state index in [1.165, 1.54) is 31.2 Å². The van der Waals surface area contributed by atoms with Crippen molar-refractivity contribution in [3.05, 3.63) is 71.8 Å². The van der Waals surface area contributed by atoms with Crippen LogP contribution >= 0.6 is 11.6 Å². The van der Waals surface area contributed by atoms with Gasteiger partial charge in [-0.2, -0.15) is 0 Å². The number of piperidine rings is 1. The van der Waals surface area contributed by atoms with E-state index in [2.05, 4.69) is 55.9 Å². The first-order valence-electron chi connectivity index (χ1n) is 14.2. The number of allylic oxidation sites excluding steroid dienone is 1. The van der Waals surface area contributed by atoms with Gasteiger partial charge in [-0.05, 0) is 63.0 Å². The highest BCUT2D eigenvalue weighted by Crippen LogP contribution is 2.31. The number of nitrogens with one attached hydrogen (secondary N) is 1. The molecule has 1 aromatic carbocycles. The van der Waals surface area contributed by atoms with Gasteiger partial charge in [0.15, 0.2) is 0 Å². The fraction of sp³-hybridized carbons (Fsp3) is 0.467. The molecular weight excluding hydrogens is 508 g/mol. The van der Waals surface area contributed by atoms with Crippen molar-refractivity contribution in [2.24, 2.45) is 5.84 Å². The molecule has 0 bridgehead atoms. The molecular formula is C30H41ClN8. The number of hydrogen-bond acceptors (Lipinski definition) is 7. The predicted octanol–water partition coefficient (Wildman–Crippen LogP) is 5.29. The summed E-state index contributed by atoms with van der Waals surface area (Å²) in [5, 5.41) is 2.34. The number of aromatic nitrogens is 3. The van der Waals surface area contributed by atoms with Crippen molar-refractivity contribution in [2.45, 2.75) is 58.2 Å². The van der Waals surface area contributed by atoms with Gasteiger partial charge in [0, 0.05) is 68.6 Å². The molecule has 2 aliphatic heterocycles. The van der Waals surface area contributed by atoms with E-state index in [0.29, 0.717) is 17.1 Å². The summed E-state index contributed by atoms with van der Waals surface area (Å²) in [5.74, 6) is 7.72. The lowest BCUT2D eigenvalue weighted by molar-refractivity contribution is 0.0589. The van der Waals surface area contributed by atoms with Crippen LogP contribution in [0.25, 0.3) is 11.4 Å². The van der Waals surface area contributed by atoms with Crippen LogP contribution in [0.1, 0.15) is 45.1 Å². The van der Waals surface area contributed by atoms with Gasteiger partial charge in [-0.3, -0.25) is 14.8 Å². The number of hydrogen-bond donors (Lipinski definition) is 2. The van der Waals surface area contributed by atoms with Crippen molar-refractivity contribution < 1.29 is 0 Å². The van der Waals surface area contributed by atoms with E-state index in [1.807, 2.05) is 37.7 Å². The lowest BCUT2D eigenvalue weighted by Gasteiger charge is -2.48. The van der Waals surface area contributed by atoms with E-state index < -0.39 is 0 Å². The number of imidazole rings is 1. The topological polar surface area (TPSA) is 80.6 Å². The molecule has 9 heteroatoms. The molecule has 2 saturated heterocycles. The number of likely N-dealkylation sites (tertiary alicyclic amines) is 1. The highest BCUT2D eigenvalue weighted by atomic mass is 35.5. The Morgan fingerprint density at radius 1 is 1.13 bits per heavy atom. The van der Waals surface area contributed by atoms with Gasteiger partial charge in [0.1, 0.15) is 11.6 Å². The maximum absolute atomic E-state index is 6.73. The third-order valence-electron chi connectivity index (χ3n) is 8.02. The minimum Gasteiger partial charge on any atom is -0.353 e. The number of anilines is 2. The first kappa shape index (κ1) is 27.6. The molecule has 0 radical (unpaired) electrons. The first-order chi connectivity index (χ1) is 19.1. The van der Waals surface area contributed by atoms with Gasteiger partial charge in [-0.15, -0.1) is 0 Å². The van der Waals surface area contributed by atoms with Gasteiger partial charge in [0.05, 0.1) is 10.7 Å². The Morgan fingerprint density at radius 2 is 1.92 bits per heavy atom. The number of nitrogens with two attached hydrogens (primary N) is 1. The molecule has 5 rings (SSSR count). The molecule has 0 saturated carbocycles. The standard InChI is InChI=1S/C30H41ClN8/c1-3-5-27-22-37(30-28(31)19-24(20-35-30)29-33-12-13-34-29)17-18-38(27)25-10-15-36(16-11-25)21-23-6-8-26(9-7-23)39(32)14-4-2/h4,6-9,12-14,19-20,25,27H,3,5,10-11,15-18,21-22,32H2,1-2H3,(H,33,34)/b14-4-. The minimum atomic E-state index is 0.520. The Bertz CT molecular complexity index is 1200. The van der Waals surface area contributed by atoms with Crippen LogP contribution in [0.2, 0.25) is 5.02 Å². The number of aromatic amines is 1. The highest BCUT2D eigenvalue weighted by molar-refractivity contribution is 6.33. The number of hydrazine groups is 1. The van der Waals surface area contributed by atoms with E-state index in [4.69, 9.17) is 22.4 Å². The summed E-state index contributed by atoms with van der Waals surface area (Å²) in [7, 11) is 0. The molecule has 39 heavy (non-hydrogen) atoms. The Balaban J connectivity index is 1.16. The van der Waals surface area contributed by atoms with Crippen LogP contribution in [0, 0.1) is 0 Å². The van der Waals surface area contributed by atoms with Crippen LogP contribution in [0.15, 0.2) is 61.2 Å². The van der Waals surface area contributed by atoms with Crippen LogP contribution in [0.3, 0.4) is 0 Å². The van der Waals surface area contributed by atoms with Crippen molar-refractivity contribution in [1.82, 2.24) is 24.8 Å². The van der Waals surface area contributed by atoms with Gasteiger partial charge >= 0.3 is 0 Å². The molecule has 2 fully saturated rings. The molecule has 4 heterocycles. The Hall–Kier alpha value is -2.91. The van der Waals surface area contributed by atoms with Crippen molar-refractivity contribution in [1.29, 1.82) is 0 Å². The van der Waals surface area contributed by atoms with E-state index >= 15 is 0 Å². The second-order valence-electron chi connectivity index (χ2n) is 10.7. The summed E-state index contributed by atoms with van der Waals surface area (Å²) in [6.07, 6.45) is 14.0. The number of H-pyrrole nitrogens is 1. The normalized spacial score (nSPS) is 19.7. The smallest absolute Gasteiger partial charge is 0.147 e. The lowest BCUT2D eigenvalue weighted by atomic mass is 9.97. The molecule has 1 unspecified atom stereocenters. The molecule has 2 aromatic heterocycles. The summed E-state index contributed by atoms with van der Waals surface area (Å²) < 4.78 is 0. The molecule has 0 aliphatic carbocycles. The van der Waals surface area contributed by atoms with Gasteiger partial charge in [0.25, 0.3) is 0 Å². The number of halogens is 1. The molecule has 0 amide bonds. The molecule has 3 N–H and O–H groups in total. The largest absolute Gasteiger partial charge is 0.353 e. The van der Waals surface area contributed by atoms with Crippen LogP contribution < -0.4 is 15.8 Å². The molecule has 3 aromatic rings. The summed E-state index contributed by atoms with van der Waals surface area (Å²) >= 11 is 6.73. The summed E-state index contributed by atoms with van der Waals surface area (Å²) in [5.41, 5.74) is 3.25. The summed E-state index contributed by atoms with van der Waals surface area (Å²) in [4.78, 5) is 20.0. The fourth-order valence-electron chi connectivity index (χ4n) is 6.04. The third kappa shape index (κ3) is 6.64. The second kappa shape index (κ2) is 13.0. The van der Waals surface area contributed by atoms with E-state index in [-0.39, 0.29) is 0 Å². The average molecular weight is 549 g/mol. The number of piperazine rings is 1. The quantitative estimate of drug-likeness (QED) is 0.277. The zero-order valence-corrected chi connectivity index (χ0v) is 23.9. The number of nitrogens with zero attached hydrogens (tertiary/aromatic N) is 6. The van der Waals surface area contributed by atoms with Crippen LogP contribution in [-0.2, 0) is 6.54 Å². The van der Waals surface area contributed by atoms with E-state index in [1.54, 1.807) is 11.2 Å². The van der Waals surface area contributed by atoms with Crippen molar-refractivity contribution in [2.75, 3.05) is 42.6 Å². The average Bonchev–Trinajstić information content (AvgIpc) is 3.50. The van der Waals surface area contributed by atoms with Crippen molar-refractivity contribution >= 4 is 23.1 Å². The van der Waals surface area contributed by atoms with Gasteiger partial charge in [0.2, 0.25) is 0 Å². The van der Waals surface area contributed by atoms with Crippen LogP contribution in [0.4, 0.5) is 11.5 Å². The van der Waals surface area contributed by atoms with Crippen LogP contribution in [0.5, 0.6) is 0 Å². The molecule has 208 valence electrons. The highest BCUT2D eigenvalue weighted by Gasteiger charge is 2.34. The number of rotatable bonds is 9. The van der Waals surface area contributed by atoms with Crippen molar-refractivity contribution in [3.63, 3.8) is 0 Å². The molecule has 0 spiro atoms. The maximum Gasteiger partial charge on any atom is 0.147 e. The predicted molar refractivity (Wildman–Crippen MR) is 161 cm³/mol. The van der Waals surface area contributed by atoms with E-state index in [0.717, 1.165) is 62.2 Å². The zero-order valence-electron chi connectivity index (χ0n) is 23.1. The Morgan fingerprint density at radius 3 is 2.59 bits per heavy atom. The van der Waals surface area contributed by atoms with Gasteiger partial charge in [-0.25, -0.2) is 15.8 Å².